The van der Waals surface area contributed by atoms with Crippen LogP contribution in [0.15, 0.2) is 42.5 Å². The standard InChI is InChI=1S/C25H34N2/c1-17(2)20-10-8-11-22-21(9-6-7-16-26)23(27-24(20)22)18-12-14-19(15-13-18)25(3,4)5/h8,10-15,17,27H,6-7,9,16,26H2,1-5H3. The van der Waals surface area contributed by atoms with Crippen LogP contribution in [-0.2, 0) is 11.8 Å². The zero-order valence-corrected chi connectivity index (χ0v) is 17.5. The van der Waals surface area contributed by atoms with Crippen molar-refractivity contribution in [2.24, 2.45) is 5.73 Å². The highest BCUT2D eigenvalue weighted by Crippen LogP contribution is 2.36. The van der Waals surface area contributed by atoms with Crippen LogP contribution in [0.4, 0.5) is 0 Å². The molecule has 0 radical (unpaired) electrons. The molecule has 144 valence electrons. The van der Waals surface area contributed by atoms with Gasteiger partial charge in [-0.05, 0) is 59.4 Å². The number of aromatic amines is 1. The fourth-order valence-corrected chi connectivity index (χ4v) is 3.87. The molecule has 0 atom stereocenters. The van der Waals surface area contributed by atoms with E-state index >= 15 is 0 Å². The molecule has 27 heavy (non-hydrogen) atoms. The predicted molar refractivity (Wildman–Crippen MR) is 119 cm³/mol. The van der Waals surface area contributed by atoms with Crippen molar-refractivity contribution in [3.8, 4) is 11.3 Å². The monoisotopic (exact) mass is 362 g/mol. The quantitative estimate of drug-likeness (QED) is 0.480. The number of hydrogen-bond acceptors (Lipinski definition) is 1. The molecule has 0 unspecified atom stereocenters. The van der Waals surface area contributed by atoms with Gasteiger partial charge in [0, 0.05) is 16.6 Å². The molecule has 1 aromatic heterocycles. The van der Waals surface area contributed by atoms with Gasteiger partial charge in [0.15, 0.2) is 0 Å². The Balaban J connectivity index is 2.12. The van der Waals surface area contributed by atoms with Crippen molar-refractivity contribution in [1.82, 2.24) is 4.98 Å². The Labute approximate surface area is 164 Å². The molecule has 0 aliphatic carbocycles. The summed E-state index contributed by atoms with van der Waals surface area (Å²) in [6.07, 6.45) is 3.26. The summed E-state index contributed by atoms with van der Waals surface area (Å²) in [4.78, 5) is 3.78. The number of rotatable bonds is 6. The molecule has 1 heterocycles. The number of nitrogens with one attached hydrogen (secondary N) is 1. The number of hydrogen-bond donors (Lipinski definition) is 2. The minimum atomic E-state index is 0.174. The van der Waals surface area contributed by atoms with E-state index in [0.717, 1.165) is 25.8 Å². The van der Waals surface area contributed by atoms with E-state index in [4.69, 9.17) is 5.73 Å². The number of H-pyrrole nitrogens is 1. The summed E-state index contributed by atoms with van der Waals surface area (Å²) < 4.78 is 0. The normalized spacial score (nSPS) is 12.3. The highest BCUT2D eigenvalue weighted by Gasteiger charge is 2.18. The first-order chi connectivity index (χ1) is 12.8. The third kappa shape index (κ3) is 4.11. The van der Waals surface area contributed by atoms with Crippen molar-refractivity contribution in [2.75, 3.05) is 6.54 Å². The third-order valence-corrected chi connectivity index (χ3v) is 5.52. The van der Waals surface area contributed by atoms with Crippen LogP contribution in [0.25, 0.3) is 22.2 Å². The van der Waals surface area contributed by atoms with Crippen molar-refractivity contribution in [3.63, 3.8) is 0 Å². The lowest BCUT2D eigenvalue weighted by Gasteiger charge is -2.19. The molecule has 0 saturated heterocycles. The Morgan fingerprint density at radius 2 is 1.67 bits per heavy atom. The van der Waals surface area contributed by atoms with Gasteiger partial charge in [0.05, 0.1) is 0 Å². The Hall–Kier alpha value is -2.06. The van der Waals surface area contributed by atoms with Gasteiger partial charge in [0.25, 0.3) is 0 Å². The van der Waals surface area contributed by atoms with Gasteiger partial charge in [-0.2, -0.15) is 0 Å². The number of aryl methyl sites for hydroxylation is 1. The van der Waals surface area contributed by atoms with Crippen molar-refractivity contribution < 1.29 is 0 Å². The van der Waals surface area contributed by atoms with Gasteiger partial charge in [-0.25, -0.2) is 0 Å². The van der Waals surface area contributed by atoms with Crippen molar-refractivity contribution in [3.05, 3.63) is 59.2 Å². The zero-order chi connectivity index (χ0) is 19.6. The fraction of sp³-hybridized carbons (Fsp3) is 0.440. The average molecular weight is 363 g/mol. The second kappa shape index (κ2) is 7.90. The Morgan fingerprint density at radius 3 is 2.26 bits per heavy atom. The highest BCUT2D eigenvalue weighted by atomic mass is 14.7. The maximum Gasteiger partial charge on any atom is 0.0497 e. The van der Waals surface area contributed by atoms with Gasteiger partial charge in [0.2, 0.25) is 0 Å². The van der Waals surface area contributed by atoms with E-state index in [-0.39, 0.29) is 5.41 Å². The van der Waals surface area contributed by atoms with Crippen LogP contribution in [0, 0.1) is 0 Å². The van der Waals surface area contributed by atoms with Crippen LogP contribution in [-0.4, -0.2) is 11.5 Å². The molecule has 3 rings (SSSR count). The Kier molecular flexibility index (Phi) is 5.76. The van der Waals surface area contributed by atoms with Crippen molar-refractivity contribution in [1.29, 1.82) is 0 Å². The first kappa shape index (κ1) is 19.7. The lowest BCUT2D eigenvalue weighted by atomic mass is 9.86. The van der Waals surface area contributed by atoms with Gasteiger partial charge < -0.3 is 10.7 Å². The smallest absolute Gasteiger partial charge is 0.0497 e. The zero-order valence-electron chi connectivity index (χ0n) is 17.5. The molecule has 2 nitrogen and oxygen atoms in total. The number of aromatic nitrogens is 1. The summed E-state index contributed by atoms with van der Waals surface area (Å²) in [5, 5.41) is 1.37. The lowest BCUT2D eigenvalue weighted by molar-refractivity contribution is 0.590. The molecule has 0 bridgehead atoms. The summed E-state index contributed by atoms with van der Waals surface area (Å²) in [5.74, 6) is 0.500. The first-order valence-electron chi connectivity index (χ1n) is 10.3. The molecular formula is C25H34N2. The molecule has 0 aliphatic heterocycles. The summed E-state index contributed by atoms with van der Waals surface area (Å²) in [6, 6.07) is 15.8. The molecule has 0 spiro atoms. The van der Waals surface area contributed by atoms with E-state index < -0.39 is 0 Å². The van der Waals surface area contributed by atoms with Crippen LogP contribution in [0.2, 0.25) is 0 Å². The van der Waals surface area contributed by atoms with Crippen LogP contribution >= 0.6 is 0 Å². The topological polar surface area (TPSA) is 41.8 Å². The van der Waals surface area contributed by atoms with Crippen LogP contribution in [0.1, 0.15) is 70.1 Å². The molecule has 0 aliphatic rings. The molecule has 2 heteroatoms. The molecular weight excluding hydrogens is 328 g/mol. The van der Waals surface area contributed by atoms with Gasteiger partial charge in [-0.3, -0.25) is 0 Å². The molecule has 3 N–H and O–H groups in total. The molecule has 0 fully saturated rings. The Morgan fingerprint density at radius 1 is 0.963 bits per heavy atom. The summed E-state index contributed by atoms with van der Waals surface area (Å²) in [6.45, 7) is 12.1. The molecule has 0 amide bonds. The van der Waals surface area contributed by atoms with E-state index in [1.54, 1.807) is 0 Å². The maximum absolute atomic E-state index is 5.74. The van der Waals surface area contributed by atoms with Gasteiger partial charge >= 0.3 is 0 Å². The minimum Gasteiger partial charge on any atom is -0.354 e. The summed E-state index contributed by atoms with van der Waals surface area (Å²) in [7, 11) is 0. The maximum atomic E-state index is 5.74. The second-order valence-electron chi connectivity index (χ2n) is 8.98. The van der Waals surface area contributed by atoms with E-state index in [9.17, 15) is 0 Å². The van der Waals surface area contributed by atoms with Crippen molar-refractivity contribution >= 4 is 10.9 Å². The van der Waals surface area contributed by atoms with Gasteiger partial charge in [0.1, 0.15) is 0 Å². The van der Waals surface area contributed by atoms with E-state index in [1.807, 2.05) is 0 Å². The SMILES string of the molecule is CC(C)c1cccc2c(CCCCN)c(-c3ccc(C(C)(C)C)cc3)[nH]c12. The number of benzene rings is 2. The fourth-order valence-electron chi connectivity index (χ4n) is 3.87. The molecule has 3 aromatic rings. The van der Waals surface area contributed by atoms with Crippen LogP contribution in [0.5, 0.6) is 0 Å². The number of fused-ring (bicyclic) bond motifs is 1. The van der Waals surface area contributed by atoms with Crippen molar-refractivity contribution in [2.45, 2.75) is 65.2 Å². The largest absolute Gasteiger partial charge is 0.354 e. The van der Waals surface area contributed by atoms with Gasteiger partial charge in [-0.1, -0.05) is 77.1 Å². The number of nitrogens with two attached hydrogens (primary N) is 1. The summed E-state index contributed by atoms with van der Waals surface area (Å²) >= 11 is 0. The minimum absolute atomic E-state index is 0.174. The average Bonchev–Trinajstić information content (AvgIpc) is 3.00. The predicted octanol–water partition coefficient (Wildman–Crippen LogP) is 6.54. The number of unbranched alkanes of at least 4 members (excludes halogenated alkanes) is 1. The van der Waals surface area contributed by atoms with E-state index in [0.29, 0.717) is 5.92 Å². The highest BCUT2D eigenvalue weighted by molar-refractivity contribution is 5.93. The van der Waals surface area contributed by atoms with E-state index in [2.05, 4.69) is 82.1 Å². The van der Waals surface area contributed by atoms with Gasteiger partial charge in [-0.15, -0.1) is 0 Å². The molecule has 2 aromatic carbocycles. The summed E-state index contributed by atoms with van der Waals surface area (Å²) in [5.41, 5.74) is 14.0. The van der Waals surface area contributed by atoms with Crippen LogP contribution < -0.4 is 5.73 Å². The van der Waals surface area contributed by atoms with Crippen LogP contribution in [0.3, 0.4) is 0 Å². The molecule has 0 saturated carbocycles. The first-order valence-corrected chi connectivity index (χ1v) is 10.3. The van der Waals surface area contributed by atoms with E-state index in [1.165, 1.54) is 38.9 Å². The lowest BCUT2D eigenvalue weighted by Crippen LogP contribution is -2.10. The second-order valence-corrected chi connectivity index (χ2v) is 8.98. The number of para-hydroxylation sites is 1. The Bertz CT molecular complexity index is 892. The third-order valence-electron chi connectivity index (χ3n) is 5.52.